The lowest BCUT2D eigenvalue weighted by Crippen LogP contribution is -2.28. The summed E-state index contributed by atoms with van der Waals surface area (Å²) in [6.07, 6.45) is 2.30. The highest BCUT2D eigenvalue weighted by atomic mass is 35.5. The summed E-state index contributed by atoms with van der Waals surface area (Å²) in [6, 6.07) is 3.18. The van der Waals surface area contributed by atoms with Crippen LogP contribution in [0.4, 0.5) is 8.78 Å². The third kappa shape index (κ3) is 2.73. The summed E-state index contributed by atoms with van der Waals surface area (Å²) < 4.78 is 55.4. The SMILES string of the molecule is Cn1ccc([C@@H]2C[C@H]2NS(=O)(=O)c2c(Cl)ccc(F)c2F)n1. The normalized spacial score (nSPS) is 21.1. The smallest absolute Gasteiger partial charge is 0.245 e. The van der Waals surface area contributed by atoms with Crippen molar-refractivity contribution in [2.24, 2.45) is 7.05 Å². The molecule has 1 saturated carbocycles. The number of rotatable bonds is 4. The first-order chi connectivity index (χ1) is 10.3. The van der Waals surface area contributed by atoms with Gasteiger partial charge in [-0.1, -0.05) is 11.6 Å². The van der Waals surface area contributed by atoms with Crippen LogP contribution in [0.2, 0.25) is 5.02 Å². The van der Waals surface area contributed by atoms with E-state index in [1.807, 2.05) is 0 Å². The third-order valence-electron chi connectivity index (χ3n) is 3.48. The zero-order valence-electron chi connectivity index (χ0n) is 11.4. The quantitative estimate of drug-likeness (QED) is 0.862. The minimum atomic E-state index is -4.25. The molecule has 1 N–H and O–H groups in total. The predicted octanol–water partition coefficient (Wildman–Crippen LogP) is 2.19. The van der Waals surface area contributed by atoms with E-state index < -0.39 is 32.6 Å². The van der Waals surface area contributed by atoms with Gasteiger partial charge in [0.15, 0.2) is 11.6 Å². The summed E-state index contributed by atoms with van der Waals surface area (Å²) in [5.74, 6) is -2.82. The molecule has 118 valence electrons. The Bertz CT molecular complexity index is 838. The third-order valence-corrected chi connectivity index (χ3v) is 5.46. The van der Waals surface area contributed by atoms with E-state index in [9.17, 15) is 17.2 Å². The summed E-state index contributed by atoms with van der Waals surface area (Å²) in [4.78, 5) is -0.860. The number of aromatic nitrogens is 2. The molecule has 22 heavy (non-hydrogen) atoms. The molecule has 1 aliphatic carbocycles. The van der Waals surface area contributed by atoms with Gasteiger partial charge in [-0.15, -0.1) is 0 Å². The second-order valence-corrected chi connectivity index (χ2v) is 7.21. The second kappa shape index (κ2) is 5.29. The van der Waals surface area contributed by atoms with Crippen LogP contribution < -0.4 is 4.72 Å². The topological polar surface area (TPSA) is 64.0 Å². The largest absolute Gasteiger partial charge is 0.276 e. The number of nitrogens with one attached hydrogen (secondary N) is 1. The summed E-state index contributed by atoms with van der Waals surface area (Å²) in [5.41, 5.74) is 0.751. The van der Waals surface area contributed by atoms with Gasteiger partial charge in [0, 0.05) is 25.2 Å². The number of benzene rings is 1. The van der Waals surface area contributed by atoms with Gasteiger partial charge >= 0.3 is 0 Å². The number of hydrogen-bond acceptors (Lipinski definition) is 3. The highest BCUT2D eigenvalue weighted by molar-refractivity contribution is 7.89. The first-order valence-electron chi connectivity index (χ1n) is 6.45. The lowest BCUT2D eigenvalue weighted by atomic mass is 10.3. The van der Waals surface area contributed by atoms with Gasteiger partial charge in [-0.2, -0.15) is 5.10 Å². The molecule has 1 aromatic carbocycles. The Morgan fingerprint density at radius 2 is 2.09 bits per heavy atom. The number of hydrogen-bond donors (Lipinski definition) is 1. The number of sulfonamides is 1. The van der Waals surface area contributed by atoms with Crippen molar-refractivity contribution in [2.75, 3.05) is 0 Å². The van der Waals surface area contributed by atoms with Crippen LogP contribution in [0.1, 0.15) is 18.0 Å². The monoisotopic (exact) mass is 347 g/mol. The maximum absolute atomic E-state index is 13.8. The van der Waals surface area contributed by atoms with Crippen molar-refractivity contribution in [1.82, 2.24) is 14.5 Å². The maximum Gasteiger partial charge on any atom is 0.245 e. The average Bonchev–Trinajstić information content (AvgIpc) is 3.03. The summed E-state index contributed by atoms with van der Waals surface area (Å²) in [7, 11) is -2.49. The van der Waals surface area contributed by atoms with Gasteiger partial charge in [-0.3, -0.25) is 4.68 Å². The van der Waals surface area contributed by atoms with E-state index in [4.69, 9.17) is 11.6 Å². The zero-order chi connectivity index (χ0) is 16.1. The Labute approximate surface area is 130 Å². The van der Waals surface area contributed by atoms with E-state index in [2.05, 4.69) is 9.82 Å². The molecule has 0 aliphatic heterocycles. The van der Waals surface area contributed by atoms with Crippen molar-refractivity contribution >= 4 is 21.6 Å². The van der Waals surface area contributed by atoms with Crippen LogP contribution in [0, 0.1) is 11.6 Å². The minimum absolute atomic E-state index is 0.0774. The Kier molecular flexibility index (Phi) is 3.70. The Morgan fingerprint density at radius 1 is 1.36 bits per heavy atom. The van der Waals surface area contributed by atoms with Crippen molar-refractivity contribution in [1.29, 1.82) is 0 Å². The fraction of sp³-hybridized carbons (Fsp3) is 0.308. The molecule has 1 aliphatic rings. The molecule has 1 heterocycles. The molecule has 0 bridgehead atoms. The molecule has 5 nitrogen and oxygen atoms in total. The van der Waals surface area contributed by atoms with Crippen molar-refractivity contribution < 1.29 is 17.2 Å². The first kappa shape index (κ1) is 15.4. The predicted molar refractivity (Wildman–Crippen MR) is 76.0 cm³/mol. The van der Waals surface area contributed by atoms with Crippen LogP contribution in [-0.4, -0.2) is 24.2 Å². The molecule has 9 heteroatoms. The lowest BCUT2D eigenvalue weighted by Gasteiger charge is -2.09. The molecule has 0 radical (unpaired) electrons. The average molecular weight is 348 g/mol. The zero-order valence-corrected chi connectivity index (χ0v) is 13.0. The van der Waals surface area contributed by atoms with Crippen LogP contribution in [0.15, 0.2) is 29.3 Å². The molecule has 0 saturated heterocycles. The molecule has 0 spiro atoms. The first-order valence-corrected chi connectivity index (χ1v) is 8.31. The highest BCUT2D eigenvalue weighted by Gasteiger charge is 2.43. The molecule has 1 fully saturated rings. The van der Waals surface area contributed by atoms with Crippen molar-refractivity contribution in [3.8, 4) is 0 Å². The van der Waals surface area contributed by atoms with Crippen LogP contribution in [0.5, 0.6) is 0 Å². The van der Waals surface area contributed by atoms with Crippen LogP contribution >= 0.6 is 11.6 Å². The summed E-state index contributed by atoms with van der Waals surface area (Å²) in [6.45, 7) is 0. The van der Waals surface area contributed by atoms with Gasteiger partial charge in [-0.25, -0.2) is 21.9 Å². The van der Waals surface area contributed by atoms with Crippen LogP contribution in [-0.2, 0) is 17.1 Å². The Morgan fingerprint density at radius 3 is 2.73 bits per heavy atom. The highest BCUT2D eigenvalue weighted by Crippen LogP contribution is 2.41. The fourth-order valence-electron chi connectivity index (χ4n) is 2.30. The van der Waals surface area contributed by atoms with E-state index in [0.717, 1.165) is 17.8 Å². The number of nitrogens with zero attached hydrogens (tertiary/aromatic N) is 2. The van der Waals surface area contributed by atoms with Gasteiger partial charge < -0.3 is 0 Å². The van der Waals surface area contributed by atoms with Gasteiger partial charge in [0.05, 0.1) is 10.7 Å². The van der Waals surface area contributed by atoms with Crippen molar-refractivity contribution in [3.05, 3.63) is 46.7 Å². The van der Waals surface area contributed by atoms with E-state index in [-0.39, 0.29) is 10.9 Å². The van der Waals surface area contributed by atoms with Crippen LogP contribution in [0.3, 0.4) is 0 Å². The molecule has 2 aromatic rings. The fourth-order valence-corrected chi connectivity index (χ4v) is 4.18. The Hall–Kier alpha value is -1.51. The number of aryl methyl sites for hydroxylation is 1. The van der Waals surface area contributed by atoms with E-state index >= 15 is 0 Å². The van der Waals surface area contributed by atoms with Crippen molar-refractivity contribution in [2.45, 2.75) is 23.3 Å². The van der Waals surface area contributed by atoms with Gasteiger partial charge in [0.1, 0.15) is 4.90 Å². The van der Waals surface area contributed by atoms with Crippen molar-refractivity contribution in [3.63, 3.8) is 0 Å². The minimum Gasteiger partial charge on any atom is -0.276 e. The lowest BCUT2D eigenvalue weighted by molar-refractivity contribution is 0.483. The number of halogens is 3. The molecule has 3 rings (SSSR count). The molecule has 2 atom stereocenters. The molecule has 0 amide bonds. The van der Waals surface area contributed by atoms with Crippen LogP contribution in [0.25, 0.3) is 0 Å². The molecule has 0 unspecified atom stereocenters. The second-order valence-electron chi connectivity index (χ2n) is 5.16. The van der Waals surface area contributed by atoms with E-state index in [0.29, 0.717) is 6.42 Å². The Balaban J connectivity index is 1.83. The molecular weight excluding hydrogens is 336 g/mol. The van der Waals surface area contributed by atoms with E-state index in [1.54, 1.807) is 24.0 Å². The van der Waals surface area contributed by atoms with Gasteiger partial charge in [0.2, 0.25) is 10.0 Å². The van der Waals surface area contributed by atoms with Gasteiger partial charge in [0.25, 0.3) is 0 Å². The van der Waals surface area contributed by atoms with E-state index in [1.165, 1.54) is 0 Å². The summed E-state index contributed by atoms with van der Waals surface area (Å²) in [5, 5.41) is 3.84. The molecule has 1 aromatic heterocycles. The summed E-state index contributed by atoms with van der Waals surface area (Å²) >= 11 is 5.71. The standard InChI is InChI=1S/C13H12ClF2N3O2S/c1-19-5-4-10(17-19)7-6-11(7)18-22(20,21)13-8(14)2-3-9(15)12(13)16/h2-5,7,11,18H,6H2,1H3/t7-,11+/m0/s1. The maximum atomic E-state index is 13.8. The van der Waals surface area contributed by atoms with Gasteiger partial charge in [-0.05, 0) is 24.6 Å². The molecular formula is C13H12ClF2N3O2S.